The average molecular weight is 380 g/mol. The maximum Gasteiger partial charge on any atom is 0.311 e. The van der Waals surface area contributed by atoms with E-state index >= 15 is 0 Å². The quantitative estimate of drug-likeness (QED) is 0.393. The summed E-state index contributed by atoms with van der Waals surface area (Å²) in [6, 6.07) is 9.62. The van der Waals surface area contributed by atoms with Gasteiger partial charge in [0.2, 0.25) is 0 Å². The lowest BCUT2D eigenvalue weighted by molar-refractivity contribution is -0.153. The maximum atomic E-state index is 12.4. The van der Waals surface area contributed by atoms with Crippen LogP contribution in [0.4, 0.5) is 0 Å². The first-order valence-corrected chi connectivity index (χ1v) is 9.56. The van der Waals surface area contributed by atoms with Gasteiger partial charge in [0.15, 0.2) is 0 Å². The molecule has 27 heavy (non-hydrogen) atoms. The number of ether oxygens (including phenoxy) is 3. The molecule has 0 radical (unpaired) electrons. The van der Waals surface area contributed by atoms with E-state index in [9.17, 15) is 9.59 Å². The summed E-state index contributed by atoms with van der Waals surface area (Å²) in [5, 5.41) is 8.89. The summed E-state index contributed by atoms with van der Waals surface area (Å²) in [6.07, 6.45) is 4.54. The minimum absolute atomic E-state index is 0.191. The van der Waals surface area contributed by atoms with Crippen molar-refractivity contribution >= 4 is 11.9 Å². The molecule has 2 atom stereocenters. The number of hydrogen-bond acceptors (Lipinski definition) is 6. The van der Waals surface area contributed by atoms with E-state index in [0.29, 0.717) is 19.4 Å². The van der Waals surface area contributed by atoms with Gasteiger partial charge < -0.3 is 19.3 Å². The first-order valence-electron chi connectivity index (χ1n) is 9.56. The molecule has 2 unspecified atom stereocenters. The van der Waals surface area contributed by atoms with Gasteiger partial charge in [-0.1, -0.05) is 49.6 Å². The molecule has 0 bridgehead atoms. The SMILES string of the molecule is COC(=O)CCCOC(c1ccccc1)C(CCCCCCO)C(=O)OC. The summed E-state index contributed by atoms with van der Waals surface area (Å²) in [5.41, 5.74) is 0.918. The molecular weight excluding hydrogens is 348 g/mol. The summed E-state index contributed by atoms with van der Waals surface area (Å²) in [6.45, 7) is 0.545. The summed E-state index contributed by atoms with van der Waals surface area (Å²) < 4.78 is 15.7. The predicted octanol–water partition coefficient (Wildman–Crippen LogP) is 3.43. The second-order valence-corrected chi connectivity index (χ2v) is 6.44. The second-order valence-electron chi connectivity index (χ2n) is 6.44. The minimum atomic E-state index is -0.422. The fraction of sp³-hybridized carbons (Fsp3) is 0.619. The highest BCUT2D eigenvalue weighted by Crippen LogP contribution is 2.31. The van der Waals surface area contributed by atoms with Gasteiger partial charge in [0.05, 0.1) is 26.2 Å². The van der Waals surface area contributed by atoms with Crippen molar-refractivity contribution in [2.45, 2.75) is 51.0 Å². The van der Waals surface area contributed by atoms with Gasteiger partial charge in [0.25, 0.3) is 0 Å². The van der Waals surface area contributed by atoms with Crippen molar-refractivity contribution < 1.29 is 28.9 Å². The van der Waals surface area contributed by atoms with Crippen LogP contribution in [0.2, 0.25) is 0 Å². The summed E-state index contributed by atoms with van der Waals surface area (Å²) in [7, 11) is 2.75. The molecule has 0 aliphatic rings. The van der Waals surface area contributed by atoms with Gasteiger partial charge >= 0.3 is 11.9 Å². The number of aliphatic hydroxyl groups is 1. The van der Waals surface area contributed by atoms with Gasteiger partial charge in [-0.05, 0) is 24.8 Å². The van der Waals surface area contributed by atoms with E-state index in [1.807, 2.05) is 30.3 Å². The molecule has 152 valence electrons. The van der Waals surface area contributed by atoms with Crippen LogP contribution >= 0.6 is 0 Å². The predicted molar refractivity (Wildman–Crippen MR) is 102 cm³/mol. The molecule has 0 aromatic heterocycles. The highest BCUT2D eigenvalue weighted by Gasteiger charge is 2.31. The highest BCUT2D eigenvalue weighted by molar-refractivity contribution is 5.73. The van der Waals surface area contributed by atoms with Crippen LogP contribution in [0.5, 0.6) is 0 Å². The Bertz CT molecular complexity index is 531. The Balaban J connectivity index is 2.77. The van der Waals surface area contributed by atoms with E-state index in [0.717, 1.165) is 31.2 Å². The number of esters is 2. The zero-order valence-corrected chi connectivity index (χ0v) is 16.4. The van der Waals surface area contributed by atoms with Gasteiger partial charge in [-0.25, -0.2) is 0 Å². The molecule has 0 fully saturated rings. The number of benzene rings is 1. The van der Waals surface area contributed by atoms with E-state index in [1.165, 1.54) is 14.2 Å². The lowest BCUT2D eigenvalue weighted by Crippen LogP contribution is -2.26. The molecule has 1 N–H and O–H groups in total. The van der Waals surface area contributed by atoms with Crippen LogP contribution in [0, 0.1) is 5.92 Å². The zero-order chi connectivity index (χ0) is 19.9. The molecule has 0 spiro atoms. The average Bonchev–Trinajstić information content (AvgIpc) is 2.71. The lowest BCUT2D eigenvalue weighted by atomic mass is 9.90. The largest absolute Gasteiger partial charge is 0.469 e. The van der Waals surface area contributed by atoms with Crippen molar-refractivity contribution in [2.24, 2.45) is 5.92 Å². The Morgan fingerprint density at radius 2 is 1.67 bits per heavy atom. The van der Waals surface area contributed by atoms with Gasteiger partial charge in [0.1, 0.15) is 0 Å². The van der Waals surface area contributed by atoms with E-state index in [-0.39, 0.29) is 25.0 Å². The number of unbranched alkanes of at least 4 members (excludes halogenated alkanes) is 3. The Labute approximate surface area is 161 Å². The third-order valence-corrected chi connectivity index (χ3v) is 4.47. The zero-order valence-electron chi connectivity index (χ0n) is 16.4. The van der Waals surface area contributed by atoms with Crippen LogP contribution < -0.4 is 0 Å². The first kappa shape index (κ1) is 23.1. The summed E-state index contributed by atoms with van der Waals surface area (Å²) in [5.74, 6) is -0.980. The van der Waals surface area contributed by atoms with Gasteiger partial charge in [-0.15, -0.1) is 0 Å². The topological polar surface area (TPSA) is 82.1 Å². The molecular formula is C21H32O6. The fourth-order valence-electron chi connectivity index (χ4n) is 2.99. The standard InChI is InChI=1S/C21H32O6/c1-25-19(23)14-10-16-27-20(17-11-6-5-7-12-17)18(21(24)26-2)13-8-3-4-9-15-22/h5-7,11-12,18,20,22H,3-4,8-10,13-16H2,1-2H3. The summed E-state index contributed by atoms with van der Waals surface area (Å²) >= 11 is 0. The molecule has 0 heterocycles. The van der Waals surface area contributed by atoms with Crippen molar-refractivity contribution in [2.75, 3.05) is 27.4 Å². The van der Waals surface area contributed by atoms with Crippen LogP contribution in [-0.2, 0) is 23.8 Å². The second kappa shape index (κ2) is 14.2. The molecule has 0 aliphatic heterocycles. The molecule has 0 saturated carbocycles. The van der Waals surface area contributed by atoms with Gasteiger partial charge in [-0.3, -0.25) is 9.59 Å². The van der Waals surface area contributed by atoms with E-state index in [1.54, 1.807) is 0 Å². The molecule has 1 rings (SSSR count). The van der Waals surface area contributed by atoms with E-state index < -0.39 is 12.0 Å². The fourth-order valence-corrected chi connectivity index (χ4v) is 2.99. The van der Waals surface area contributed by atoms with Crippen molar-refractivity contribution in [1.82, 2.24) is 0 Å². The van der Waals surface area contributed by atoms with Crippen LogP contribution in [0.3, 0.4) is 0 Å². The molecule has 0 amide bonds. The monoisotopic (exact) mass is 380 g/mol. The first-order chi connectivity index (χ1) is 13.1. The normalized spacial score (nSPS) is 13.0. The third kappa shape index (κ3) is 9.02. The Hall–Kier alpha value is -1.92. The Morgan fingerprint density at radius 3 is 2.30 bits per heavy atom. The third-order valence-electron chi connectivity index (χ3n) is 4.47. The molecule has 1 aromatic rings. The van der Waals surface area contributed by atoms with Gasteiger partial charge in [-0.2, -0.15) is 0 Å². The Morgan fingerprint density at radius 1 is 0.963 bits per heavy atom. The number of aliphatic hydroxyl groups excluding tert-OH is 1. The van der Waals surface area contributed by atoms with Crippen LogP contribution in [-0.4, -0.2) is 44.5 Å². The molecule has 0 aliphatic carbocycles. The summed E-state index contributed by atoms with van der Waals surface area (Å²) in [4.78, 5) is 23.7. The van der Waals surface area contributed by atoms with Crippen LogP contribution in [0.1, 0.15) is 56.6 Å². The number of carbonyl (C=O) groups is 2. The highest BCUT2D eigenvalue weighted by atomic mass is 16.5. The molecule has 1 aromatic carbocycles. The van der Waals surface area contributed by atoms with Crippen LogP contribution in [0.15, 0.2) is 30.3 Å². The Kier molecular flexibility index (Phi) is 12.1. The number of rotatable bonds is 14. The van der Waals surface area contributed by atoms with E-state index in [2.05, 4.69) is 4.74 Å². The molecule has 6 heteroatoms. The minimum Gasteiger partial charge on any atom is -0.469 e. The molecule has 6 nitrogen and oxygen atoms in total. The maximum absolute atomic E-state index is 12.4. The van der Waals surface area contributed by atoms with Crippen molar-refractivity contribution in [3.05, 3.63) is 35.9 Å². The van der Waals surface area contributed by atoms with E-state index in [4.69, 9.17) is 14.6 Å². The van der Waals surface area contributed by atoms with Crippen molar-refractivity contribution in [3.8, 4) is 0 Å². The molecule has 0 saturated heterocycles. The van der Waals surface area contributed by atoms with Crippen LogP contribution in [0.25, 0.3) is 0 Å². The number of hydrogen-bond donors (Lipinski definition) is 1. The van der Waals surface area contributed by atoms with Crippen molar-refractivity contribution in [1.29, 1.82) is 0 Å². The van der Waals surface area contributed by atoms with Crippen molar-refractivity contribution in [3.63, 3.8) is 0 Å². The number of methoxy groups -OCH3 is 2. The lowest BCUT2D eigenvalue weighted by Gasteiger charge is -2.26. The smallest absolute Gasteiger partial charge is 0.311 e. The van der Waals surface area contributed by atoms with Gasteiger partial charge in [0, 0.05) is 19.6 Å². The number of carbonyl (C=O) groups excluding carboxylic acids is 2.